The molecule has 0 saturated heterocycles. The molecule has 2 rings (SSSR count). The molecule has 0 radical (unpaired) electrons. The van der Waals surface area contributed by atoms with E-state index < -0.39 is 0 Å². The Morgan fingerprint density at radius 3 is 2.78 bits per heavy atom. The molecule has 1 fully saturated rings. The fourth-order valence-electron chi connectivity index (χ4n) is 2.28. The predicted octanol–water partition coefficient (Wildman–Crippen LogP) is 2.52. The van der Waals surface area contributed by atoms with E-state index in [1.165, 1.54) is 10.4 Å². The predicted molar refractivity (Wildman–Crippen MR) is 74.2 cm³/mol. The molecule has 4 heteroatoms. The molecule has 2 N–H and O–H groups in total. The average molecular weight is 267 g/mol. The fourth-order valence-corrected chi connectivity index (χ4v) is 3.54. The Hall–Kier alpha value is -0.870. The van der Waals surface area contributed by atoms with Crippen LogP contribution in [0, 0.1) is 0 Å². The Balaban J connectivity index is 2.01. The van der Waals surface area contributed by atoms with Crippen molar-refractivity contribution in [3.05, 3.63) is 21.4 Å². The van der Waals surface area contributed by atoms with Crippen LogP contribution in [0.3, 0.4) is 0 Å². The van der Waals surface area contributed by atoms with Crippen molar-refractivity contribution in [2.45, 2.75) is 58.1 Å². The molecule has 0 bridgehead atoms. The molecule has 1 aliphatic rings. The first-order valence-electron chi connectivity index (χ1n) is 6.74. The van der Waals surface area contributed by atoms with Crippen LogP contribution < -0.4 is 5.32 Å². The van der Waals surface area contributed by atoms with Gasteiger partial charge in [-0.25, -0.2) is 0 Å². The van der Waals surface area contributed by atoms with Gasteiger partial charge in [-0.2, -0.15) is 0 Å². The zero-order valence-corrected chi connectivity index (χ0v) is 11.8. The molecular weight excluding hydrogens is 246 g/mol. The lowest BCUT2D eigenvalue weighted by atomic mass is 9.89. The highest BCUT2D eigenvalue weighted by Gasteiger charge is 2.29. The Morgan fingerprint density at radius 1 is 1.50 bits per heavy atom. The van der Waals surface area contributed by atoms with Gasteiger partial charge in [0.25, 0.3) is 5.91 Å². The van der Waals surface area contributed by atoms with E-state index in [0.29, 0.717) is 12.8 Å². The lowest BCUT2D eigenvalue weighted by Gasteiger charge is -2.31. The van der Waals surface area contributed by atoms with Gasteiger partial charge in [-0.05, 0) is 37.3 Å². The Labute approximate surface area is 112 Å². The minimum atomic E-state index is -0.222. The summed E-state index contributed by atoms with van der Waals surface area (Å²) in [7, 11) is 0. The maximum Gasteiger partial charge on any atom is 0.261 e. The van der Waals surface area contributed by atoms with Crippen LogP contribution in [0.15, 0.2) is 6.07 Å². The molecule has 1 heterocycles. The van der Waals surface area contributed by atoms with Crippen LogP contribution >= 0.6 is 11.3 Å². The SMILES string of the molecule is CCCc1sc(C(=O)NC2CC(O)C2)cc1CC. The highest BCUT2D eigenvalue weighted by Crippen LogP contribution is 2.26. The van der Waals surface area contributed by atoms with Crippen molar-refractivity contribution in [1.82, 2.24) is 5.32 Å². The monoisotopic (exact) mass is 267 g/mol. The van der Waals surface area contributed by atoms with Gasteiger partial charge < -0.3 is 10.4 Å². The van der Waals surface area contributed by atoms with E-state index in [1.807, 2.05) is 6.07 Å². The van der Waals surface area contributed by atoms with E-state index in [9.17, 15) is 9.90 Å². The molecule has 0 spiro atoms. The van der Waals surface area contributed by atoms with Gasteiger partial charge in [0.15, 0.2) is 0 Å². The quantitative estimate of drug-likeness (QED) is 0.861. The number of nitrogens with one attached hydrogen (secondary N) is 1. The first kappa shape index (κ1) is 13.6. The number of rotatable bonds is 5. The summed E-state index contributed by atoms with van der Waals surface area (Å²) in [5.74, 6) is 0.0222. The van der Waals surface area contributed by atoms with Gasteiger partial charge in [-0.15, -0.1) is 11.3 Å². The van der Waals surface area contributed by atoms with Gasteiger partial charge in [-0.1, -0.05) is 20.3 Å². The molecule has 0 unspecified atom stereocenters. The summed E-state index contributed by atoms with van der Waals surface area (Å²) in [6.07, 6.45) is 4.33. The third-order valence-corrected chi connectivity index (χ3v) is 4.66. The molecule has 3 nitrogen and oxygen atoms in total. The Morgan fingerprint density at radius 2 is 2.22 bits per heavy atom. The van der Waals surface area contributed by atoms with Crippen LogP contribution in [0.2, 0.25) is 0 Å². The first-order valence-corrected chi connectivity index (χ1v) is 7.56. The Bertz CT molecular complexity index is 421. The largest absolute Gasteiger partial charge is 0.393 e. The minimum Gasteiger partial charge on any atom is -0.393 e. The number of thiophene rings is 1. The molecule has 0 aliphatic heterocycles. The minimum absolute atomic E-state index is 0.0222. The van der Waals surface area contributed by atoms with Gasteiger partial charge >= 0.3 is 0 Å². The number of carbonyl (C=O) groups excluding carboxylic acids is 1. The number of carbonyl (C=O) groups is 1. The average Bonchev–Trinajstić information content (AvgIpc) is 2.71. The second kappa shape index (κ2) is 5.85. The summed E-state index contributed by atoms with van der Waals surface area (Å²) in [6.45, 7) is 4.29. The number of aryl methyl sites for hydroxylation is 2. The summed E-state index contributed by atoms with van der Waals surface area (Å²) in [5, 5.41) is 12.2. The number of hydrogen-bond donors (Lipinski definition) is 2. The van der Waals surface area contributed by atoms with Crippen molar-refractivity contribution >= 4 is 17.2 Å². The molecule has 0 aromatic carbocycles. The molecule has 0 atom stereocenters. The lowest BCUT2D eigenvalue weighted by molar-refractivity contribution is 0.0564. The number of aliphatic hydroxyl groups excluding tert-OH is 1. The van der Waals surface area contributed by atoms with Gasteiger partial charge in [0, 0.05) is 10.9 Å². The van der Waals surface area contributed by atoms with Crippen molar-refractivity contribution in [2.75, 3.05) is 0 Å². The van der Waals surface area contributed by atoms with Crippen LogP contribution in [0.5, 0.6) is 0 Å². The Kier molecular flexibility index (Phi) is 4.40. The topological polar surface area (TPSA) is 49.3 Å². The van der Waals surface area contributed by atoms with Gasteiger partial charge in [-0.3, -0.25) is 4.79 Å². The third kappa shape index (κ3) is 2.93. The van der Waals surface area contributed by atoms with Crippen LogP contribution in [0.25, 0.3) is 0 Å². The second-order valence-electron chi connectivity index (χ2n) is 4.96. The smallest absolute Gasteiger partial charge is 0.261 e. The van der Waals surface area contributed by atoms with Gasteiger partial charge in [0.05, 0.1) is 11.0 Å². The van der Waals surface area contributed by atoms with E-state index in [4.69, 9.17) is 0 Å². The molecule has 1 aromatic heterocycles. The van der Waals surface area contributed by atoms with Gasteiger partial charge in [0.1, 0.15) is 0 Å². The summed E-state index contributed by atoms with van der Waals surface area (Å²) in [4.78, 5) is 14.2. The van der Waals surface area contributed by atoms with Gasteiger partial charge in [0.2, 0.25) is 0 Å². The highest BCUT2D eigenvalue weighted by molar-refractivity contribution is 7.14. The highest BCUT2D eigenvalue weighted by atomic mass is 32.1. The standard InChI is InChI=1S/C14H21NO2S/c1-3-5-12-9(4-2)6-13(18-12)14(17)15-10-7-11(16)8-10/h6,10-11,16H,3-5,7-8H2,1-2H3,(H,15,17). The first-order chi connectivity index (χ1) is 8.63. The van der Waals surface area contributed by atoms with E-state index in [0.717, 1.165) is 24.1 Å². The number of hydrogen-bond acceptors (Lipinski definition) is 3. The third-order valence-electron chi connectivity index (χ3n) is 3.43. The molecule has 18 heavy (non-hydrogen) atoms. The van der Waals surface area contributed by atoms with Crippen molar-refractivity contribution < 1.29 is 9.90 Å². The van der Waals surface area contributed by atoms with Crippen molar-refractivity contribution in [1.29, 1.82) is 0 Å². The van der Waals surface area contributed by atoms with E-state index in [-0.39, 0.29) is 18.1 Å². The maximum absolute atomic E-state index is 12.1. The summed E-state index contributed by atoms with van der Waals surface area (Å²) >= 11 is 1.62. The molecule has 1 amide bonds. The molecular formula is C14H21NO2S. The fraction of sp³-hybridized carbons (Fsp3) is 0.643. The second-order valence-corrected chi connectivity index (χ2v) is 6.09. The molecule has 100 valence electrons. The van der Waals surface area contributed by atoms with Crippen LogP contribution in [0.4, 0.5) is 0 Å². The molecule has 1 aliphatic carbocycles. The van der Waals surface area contributed by atoms with Crippen molar-refractivity contribution in [3.8, 4) is 0 Å². The van der Waals surface area contributed by atoms with Crippen molar-refractivity contribution in [2.24, 2.45) is 0 Å². The normalized spacial score (nSPS) is 22.6. The van der Waals surface area contributed by atoms with E-state index in [2.05, 4.69) is 19.2 Å². The lowest BCUT2D eigenvalue weighted by Crippen LogP contribution is -2.46. The summed E-state index contributed by atoms with van der Waals surface area (Å²) in [6, 6.07) is 2.19. The maximum atomic E-state index is 12.1. The van der Waals surface area contributed by atoms with Crippen molar-refractivity contribution in [3.63, 3.8) is 0 Å². The van der Waals surface area contributed by atoms with E-state index >= 15 is 0 Å². The summed E-state index contributed by atoms with van der Waals surface area (Å²) in [5.41, 5.74) is 1.31. The summed E-state index contributed by atoms with van der Waals surface area (Å²) < 4.78 is 0. The zero-order valence-electron chi connectivity index (χ0n) is 11.0. The van der Waals surface area contributed by atoms with Crippen LogP contribution in [-0.2, 0) is 12.8 Å². The zero-order chi connectivity index (χ0) is 13.1. The van der Waals surface area contributed by atoms with E-state index in [1.54, 1.807) is 11.3 Å². The van der Waals surface area contributed by atoms with Crippen LogP contribution in [0.1, 0.15) is 53.2 Å². The number of amides is 1. The molecule has 1 aromatic rings. The number of aliphatic hydroxyl groups is 1. The van der Waals surface area contributed by atoms with Crippen LogP contribution in [-0.4, -0.2) is 23.2 Å². The molecule has 1 saturated carbocycles.